The molecule has 2 heterocycles. The van der Waals surface area contributed by atoms with Crippen molar-refractivity contribution in [3.63, 3.8) is 0 Å². The fourth-order valence-corrected chi connectivity index (χ4v) is 4.47. The van der Waals surface area contributed by atoms with Crippen LogP contribution in [-0.2, 0) is 0 Å². The number of aromatic nitrogens is 3. The second kappa shape index (κ2) is 7.69. The van der Waals surface area contributed by atoms with Crippen molar-refractivity contribution >= 4 is 27.9 Å². The molecule has 0 amide bonds. The van der Waals surface area contributed by atoms with Crippen LogP contribution in [0.3, 0.4) is 0 Å². The molecule has 0 bridgehead atoms. The first kappa shape index (κ1) is 18.8. The molecule has 1 atom stereocenters. The highest BCUT2D eigenvalue weighted by Gasteiger charge is 2.29. The minimum Gasteiger partial charge on any atom is -0.493 e. The Balaban J connectivity index is 2.20. The van der Waals surface area contributed by atoms with E-state index in [0.29, 0.717) is 21.5 Å². The van der Waals surface area contributed by atoms with Gasteiger partial charge in [-0.2, -0.15) is 9.61 Å². The maximum atomic E-state index is 10.7. The van der Waals surface area contributed by atoms with Gasteiger partial charge in [-0.3, -0.25) is 4.90 Å². The zero-order chi connectivity index (χ0) is 18.8. The molecule has 140 valence electrons. The minimum absolute atomic E-state index is 0.0882. The van der Waals surface area contributed by atoms with Crippen molar-refractivity contribution in [1.29, 1.82) is 0 Å². The van der Waals surface area contributed by atoms with E-state index in [4.69, 9.17) is 21.1 Å². The number of methoxy groups -OCH3 is 2. The molecule has 0 saturated carbocycles. The number of hydrogen-bond donors (Lipinski definition) is 1. The average molecular weight is 397 g/mol. The van der Waals surface area contributed by atoms with Crippen LogP contribution in [0.15, 0.2) is 18.5 Å². The normalized spacial score (nSPS) is 12.7. The molecule has 26 heavy (non-hydrogen) atoms. The Labute approximate surface area is 160 Å². The van der Waals surface area contributed by atoms with Crippen LogP contribution in [0.2, 0.25) is 5.02 Å². The molecule has 0 saturated heterocycles. The summed E-state index contributed by atoms with van der Waals surface area (Å²) in [5.74, 6) is 1.12. The highest BCUT2D eigenvalue weighted by atomic mass is 35.5. The lowest BCUT2D eigenvalue weighted by atomic mass is 10.0. The molecule has 1 unspecified atom stereocenters. The van der Waals surface area contributed by atoms with Crippen molar-refractivity contribution in [2.75, 3.05) is 27.3 Å². The number of rotatable bonds is 7. The summed E-state index contributed by atoms with van der Waals surface area (Å²) < 4.78 is 12.2. The van der Waals surface area contributed by atoms with E-state index in [-0.39, 0.29) is 11.9 Å². The number of nitrogens with zero attached hydrogens (tertiary/aromatic N) is 4. The lowest BCUT2D eigenvalue weighted by Crippen LogP contribution is -2.29. The summed E-state index contributed by atoms with van der Waals surface area (Å²) in [7, 11) is 3.13. The van der Waals surface area contributed by atoms with Crippen molar-refractivity contribution in [3.05, 3.63) is 33.9 Å². The number of hydrogen-bond acceptors (Lipinski definition) is 7. The number of thiazole rings is 1. The number of ether oxygens (including phenoxy) is 2. The van der Waals surface area contributed by atoms with E-state index in [1.807, 2.05) is 12.1 Å². The Morgan fingerprint density at radius 2 is 2.00 bits per heavy atom. The van der Waals surface area contributed by atoms with E-state index in [0.717, 1.165) is 23.5 Å². The summed E-state index contributed by atoms with van der Waals surface area (Å²) >= 11 is 7.83. The predicted octanol–water partition coefficient (Wildman–Crippen LogP) is 3.60. The van der Waals surface area contributed by atoms with Gasteiger partial charge in [-0.15, -0.1) is 0 Å². The largest absolute Gasteiger partial charge is 0.493 e. The van der Waals surface area contributed by atoms with E-state index in [1.54, 1.807) is 14.2 Å². The van der Waals surface area contributed by atoms with Gasteiger partial charge < -0.3 is 14.6 Å². The minimum atomic E-state index is -0.212. The molecule has 7 nitrogen and oxygen atoms in total. The van der Waals surface area contributed by atoms with Gasteiger partial charge in [0.1, 0.15) is 6.33 Å². The van der Waals surface area contributed by atoms with Crippen LogP contribution < -0.4 is 9.47 Å². The monoisotopic (exact) mass is 396 g/mol. The lowest BCUT2D eigenvalue weighted by Gasteiger charge is -2.29. The van der Waals surface area contributed by atoms with E-state index in [1.165, 1.54) is 22.2 Å². The van der Waals surface area contributed by atoms with Crippen molar-refractivity contribution in [1.82, 2.24) is 19.5 Å². The van der Waals surface area contributed by atoms with Crippen LogP contribution in [0, 0.1) is 0 Å². The van der Waals surface area contributed by atoms with Gasteiger partial charge in [0.2, 0.25) is 10.8 Å². The van der Waals surface area contributed by atoms with Gasteiger partial charge >= 0.3 is 0 Å². The molecule has 2 aromatic heterocycles. The van der Waals surface area contributed by atoms with Crippen LogP contribution in [0.1, 0.15) is 30.3 Å². The molecule has 0 radical (unpaired) electrons. The number of fused-ring (bicyclic) bond motifs is 1. The van der Waals surface area contributed by atoms with Gasteiger partial charge in [-0.25, -0.2) is 4.98 Å². The zero-order valence-electron chi connectivity index (χ0n) is 15.1. The predicted molar refractivity (Wildman–Crippen MR) is 102 cm³/mol. The summed E-state index contributed by atoms with van der Waals surface area (Å²) in [5, 5.41) is 15.2. The maximum Gasteiger partial charge on any atom is 0.230 e. The van der Waals surface area contributed by atoms with Crippen molar-refractivity contribution < 1.29 is 14.6 Å². The summed E-state index contributed by atoms with van der Waals surface area (Å²) in [4.78, 5) is 7.81. The Bertz CT molecular complexity index is 907. The Hall–Kier alpha value is -2.03. The summed E-state index contributed by atoms with van der Waals surface area (Å²) in [6, 6.07) is 3.53. The average Bonchev–Trinajstić information content (AvgIpc) is 3.22. The first-order chi connectivity index (χ1) is 12.5. The fraction of sp³-hybridized carbons (Fsp3) is 0.412. The van der Waals surface area contributed by atoms with Crippen LogP contribution in [0.25, 0.3) is 4.96 Å². The third-order valence-corrected chi connectivity index (χ3v) is 5.70. The molecule has 9 heteroatoms. The third-order valence-electron chi connectivity index (χ3n) is 4.34. The highest BCUT2D eigenvalue weighted by Crippen LogP contribution is 2.44. The molecule has 3 rings (SSSR count). The second-order valence-electron chi connectivity index (χ2n) is 5.61. The SMILES string of the molecule is CCN(CC)C(c1cc(Cl)c(OC)c(OC)c1)c1sc2ncnn2c1O. The molecular weight excluding hydrogens is 376 g/mol. The van der Waals surface area contributed by atoms with E-state index in [2.05, 4.69) is 28.8 Å². The second-order valence-corrected chi connectivity index (χ2v) is 7.02. The van der Waals surface area contributed by atoms with Crippen LogP contribution in [0.4, 0.5) is 0 Å². The standard InChI is InChI=1S/C17H21ClN4O3S/c1-5-21(6-2)13(15-16(23)22-17(26-15)19-9-20-22)10-7-11(18)14(25-4)12(8-10)24-3/h7-9,13,23H,5-6H2,1-4H3. The third kappa shape index (κ3) is 3.08. The highest BCUT2D eigenvalue weighted by molar-refractivity contribution is 7.17. The first-order valence-electron chi connectivity index (χ1n) is 8.22. The van der Waals surface area contributed by atoms with Gasteiger partial charge in [0.05, 0.1) is 30.2 Å². The van der Waals surface area contributed by atoms with Gasteiger partial charge in [0.15, 0.2) is 11.5 Å². The van der Waals surface area contributed by atoms with Gasteiger partial charge in [-0.05, 0) is 30.8 Å². The van der Waals surface area contributed by atoms with E-state index < -0.39 is 0 Å². The summed E-state index contributed by atoms with van der Waals surface area (Å²) in [6.07, 6.45) is 1.43. The van der Waals surface area contributed by atoms with Gasteiger partial charge in [0.25, 0.3) is 0 Å². The molecule has 0 fully saturated rings. The summed E-state index contributed by atoms with van der Waals surface area (Å²) in [5.41, 5.74) is 0.899. The Morgan fingerprint density at radius 3 is 2.58 bits per heavy atom. The maximum absolute atomic E-state index is 10.7. The number of halogens is 1. The first-order valence-corrected chi connectivity index (χ1v) is 9.41. The van der Waals surface area contributed by atoms with Crippen LogP contribution >= 0.6 is 22.9 Å². The van der Waals surface area contributed by atoms with Crippen molar-refractivity contribution in [2.45, 2.75) is 19.9 Å². The van der Waals surface area contributed by atoms with Gasteiger partial charge in [-0.1, -0.05) is 36.8 Å². The molecule has 0 aliphatic carbocycles. The lowest BCUT2D eigenvalue weighted by molar-refractivity contribution is 0.247. The van der Waals surface area contributed by atoms with Gasteiger partial charge in [0, 0.05) is 0 Å². The topological polar surface area (TPSA) is 72.1 Å². The van der Waals surface area contributed by atoms with E-state index in [9.17, 15) is 5.11 Å². The molecule has 0 spiro atoms. The molecule has 0 aliphatic rings. The molecular formula is C17H21ClN4O3S. The smallest absolute Gasteiger partial charge is 0.230 e. The van der Waals surface area contributed by atoms with Crippen LogP contribution in [-0.4, -0.2) is 51.9 Å². The van der Waals surface area contributed by atoms with Crippen molar-refractivity contribution in [3.8, 4) is 17.4 Å². The number of benzene rings is 1. The fourth-order valence-electron chi connectivity index (χ4n) is 3.08. The molecule has 1 aromatic carbocycles. The molecule has 1 N–H and O–H groups in total. The molecule has 0 aliphatic heterocycles. The molecule has 3 aromatic rings. The van der Waals surface area contributed by atoms with E-state index >= 15 is 0 Å². The Morgan fingerprint density at radius 1 is 1.27 bits per heavy atom. The Kier molecular flexibility index (Phi) is 5.55. The zero-order valence-corrected chi connectivity index (χ0v) is 16.6. The quantitative estimate of drug-likeness (QED) is 0.657. The van der Waals surface area contributed by atoms with Crippen molar-refractivity contribution in [2.24, 2.45) is 0 Å². The van der Waals surface area contributed by atoms with Crippen LogP contribution in [0.5, 0.6) is 17.4 Å². The number of aromatic hydroxyl groups is 1. The summed E-state index contributed by atoms with van der Waals surface area (Å²) in [6.45, 7) is 5.74.